The molecule has 9 nitrogen and oxygen atoms in total. The van der Waals surface area contributed by atoms with Crippen molar-refractivity contribution < 1.29 is 22.8 Å². The van der Waals surface area contributed by atoms with Crippen LogP contribution in [-0.4, -0.2) is 31.4 Å². The van der Waals surface area contributed by atoms with Crippen LogP contribution in [0.15, 0.2) is 119 Å². The predicted octanol–water partition coefficient (Wildman–Crippen LogP) is 5.91. The van der Waals surface area contributed by atoms with Crippen molar-refractivity contribution >= 4 is 68.6 Å². The number of nitrogens with two attached hydrogens (primary N) is 1. The summed E-state index contributed by atoms with van der Waals surface area (Å²) in [5, 5.41) is 13.5. The molecule has 1 atom stereocenters. The molecule has 0 radical (unpaired) electrons. The van der Waals surface area contributed by atoms with Crippen LogP contribution in [0.2, 0.25) is 5.02 Å². The van der Waals surface area contributed by atoms with Crippen molar-refractivity contribution in [3.05, 3.63) is 125 Å². The van der Waals surface area contributed by atoms with Gasteiger partial charge in [0.2, 0.25) is 15.9 Å². The fourth-order valence-electron chi connectivity index (χ4n) is 3.95. The summed E-state index contributed by atoms with van der Waals surface area (Å²) in [7, 11) is -3.84. The Kier molecular flexibility index (Phi) is 11.0. The van der Waals surface area contributed by atoms with Crippen LogP contribution in [0.3, 0.4) is 0 Å². The third kappa shape index (κ3) is 9.29. The maximum absolute atomic E-state index is 13.4. The molecule has 44 heavy (non-hydrogen) atoms. The van der Waals surface area contributed by atoms with E-state index < -0.39 is 27.1 Å². The third-order valence-electron chi connectivity index (χ3n) is 6.19. The summed E-state index contributed by atoms with van der Waals surface area (Å²) < 4.78 is 23.0. The number of amides is 3. The smallest absolute Gasteiger partial charge is 0.272 e. The van der Waals surface area contributed by atoms with Gasteiger partial charge in [0.1, 0.15) is 5.70 Å². The van der Waals surface area contributed by atoms with Crippen LogP contribution >= 0.6 is 23.4 Å². The van der Waals surface area contributed by atoms with Crippen molar-refractivity contribution in [1.82, 2.24) is 5.32 Å². The van der Waals surface area contributed by atoms with Gasteiger partial charge in [0.25, 0.3) is 11.8 Å². The molecule has 5 N–H and O–H groups in total. The van der Waals surface area contributed by atoms with E-state index in [9.17, 15) is 22.8 Å². The summed E-state index contributed by atoms with van der Waals surface area (Å²) in [5.41, 5.74) is 1.97. The van der Waals surface area contributed by atoms with Gasteiger partial charge in [0.05, 0.1) is 10.1 Å². The van der Waals surface area contributed by atoms with Gasteiger partial charge in [0.15, 0.2) is 0 Å². The van der Waals surface area contributed by atoms with Crippen molar-refractivity contribution in [3.8, 4) is 0 Å². The summed E-state index contributed by atoms with van der Waals surface area (Å²) in [6, 6.07) is 28.0. The van der Waals surface area contributed by atoms with E-state index in [4.69, 9.17) is 16.7 Å². The molecular formula is C32H29ClN4O5S2. The molecule has 1 unspecified atom stereocenters. The Morgan fingerprint density at radius 1 is 0.864 bits per heavy atom. The molecule has 0 saturated carbocycles. The molecule has 226 valence electrons. The Balaban J connectivity index is 1.47. The zero-order chi connectivity index (χ0) is 31.7. The Bertz CT molecular complexity index is 1780. The molecule has 0 spiro atoms. The Morgan fingerprint density at radius 2 is 1.55 bits per heavy atom. The first-order chi connectivity index (χ1) is 21.0. The van der Waals surface area contributed by atoms with E-state index in [1.807, 2.05) is 13.0 Å². The average Bonchev–Trinajstić information content (AvgIpc) is 3.01. The SMILES string of the molecule is CCC(Sc1cccc(NC(=O)/C(=C/c2ccc(Cl)cc2)NC(=O)c2ccccc2)c1)C(=O)Nc1ccc(S(N)(=O)=O)cc1. The zero-order valence-electron chi connectivity index (χ0n) is 23.5. The maximum atomic E-state index is 13.4. The standard InChI is InChI=1S/C32H29ClN4O5S2/c1-2-29(32(40)35-24-15-17-27(18-16-24)44(34,41)42)43-26-10-6-9-25(20-26)36-31(39)28(19-21-11-13-23(33)14-12-21)37-30(38)22-7-4-3-5-8-22/h3-20,29H,2H2,1H3,(H,35,40)(H,36,39)(H,37,38)(H2,34,41,42)/b28-19-. The maximum Gasteiger partial charge on any atom is 0.272 e. The van der Waals surface area contributed by atoms with Crippen LogP contribution in [0, 0.1) is 0 Å². The highest BCUT2D eigenvalue weighted by molar-refractivity contribution is 8.00. The van der Waals surface area contributed by atoms with Gasteiger partial charge in [-0.1, -0.05) is 54.9 Å². The van der Waals surface area contributed by atoms with Gasteiger partial charge in [-0.15, -0.1) is 11.8 Å². The zero-order valence-corrected chi connectivity index (χ0v) is 25.9. The number of hydrogen-bond acceptors (Lipinski definition) is 6. The van der Waals surface area contributed by atoms with Crippen molar-refractivity contribution in [2.75, 3.05) is 10.6 Å². The van der Waals surface area contributed by atoms with Crippen molar-refractivity contribution in [2.24, 2.45) is 5.14 Å². The quantitative estimate of drug-likeness (QED) is 0.117. The highest BCUT2D eigenvalue weighted by Gasteiger charge is 2.20. The number of rotatable bonds is 11. The van der Waals surface area contributed by atoms with E-state index in [1.165, 1.54) is 36.0 Å². The second kappa shape index (κ2) is 14.8. The minimum absolute atomic E-state index is 0.0264. The summed E-state index contributed by atoms with van der Waals surface area (Å²) in [6.45, 7) is 1.87. The number of carbonyl (C=O) groups is 3. The Morgan fingerprint density at radius 3 is 2.18 bits per heavy atom. The number of anilines is 2. The van der Waals surface area contributed by atoms with Crippen LogP contribution in [0.5, 0.6) is 0 Å². The van der Waals surface area contributed by atoms with Crippen molar-refractivity contribution in [2.45, 2.75) is 28.4 Å². The molecule has 0 aromatic heterocycles. The molecule has 3 amide bonds. The molecule has 0 fully saturated rings. The Labute approximate surface area is 264 Å². The summed E-state index contributed by atoms with van der Waals surface area (Å²) in [6.07, 6.45) is 2.06. The second-order valence-electron chi connectivity index (χ2n) is 9.49. The lowest BCUT2D eigenvalue weighted by Crippen LogP contribution is -2.30. The highest BCUT2D eigenvalue weighted by atomic mass is 35.5. The van der Waals surface area contributed by atoms with Crippen molar-refractivity contribution in [3.63, 3.8) is 0 Å². The fraction of sp³-hybridized carbons (Fsp3) is 0.0938. The van der Waals surface area contributed by atoms with Gasteiger partial charge in [0, 0.05) is 26.9 Å². The molecule has 4 rings (SSSR count). The number of primary sulfonamides is 1. The number of benzene rings is 4. The molecule has 0 saturated heterocycles. The van der Waals surface area contributed by atoms with E-state index >= 15 is 0 Å². The molecule has 0 aliphatic carbocycles. The molecule has 0 aliphatic heterocycles. The number of carbonyl (C=O) groups excluding carboxylic acids is 3. The van der Waals surface area contributed by atoms with Crippen LogP contribution in [0.25, 0.3) is 6.08 Å². The predicted molar refractivity (Wildman–Crippen MR) is 175 cm³/mol. The second-order valence-corrected chi connectivity index (χ2v) is 12.8. The van der Waals surface area contributed by atoms with E-state index in [1.54, 1.807) is 78.9 Å². The van der Waals surface area contributed by atoms with Gasteiger partial charge in [-0.3, -0.25) is 14.4 Å². The summed E-state index contributed by atoms with van der Waals surface area (Å²) in [5.74, 6) is -1.26. The number of sulfonamides is 1. The van der Waals surface area contributed by atoms with Gasteiger partial charge in [-0.05, 0) is 84.8 Å². The number of thioether (sulfide) groups is 1. The monoisotopic (exact) mass is 648 g/mol. The first-order valence-electron chi connectivity index (χ1n) is 13.4. The fourth-order valence-corrected chi connectivity index (χ4v) is 5.61. The van der Waals surface area contributed by atoms with Gasteiger partial charge in [-0.25, -0.2) is 13.6 Å². The number of hydrogen-bond donors (Lipinski definition) is 4. The largest absolute Gasteiger partial charge is 0.325 e. The lowest BCUT2D eigenvalue weighted by molar-refractivity contribution is -0.116. The van der Waals surface area contributed by atoms with Crippen LogP contribution in [0.1, 0.15) is 29.3 Å². The summed E-state index contributed by atoms with van der Waals surface area (Å²) in [4.78, 5) is 40.0. The minimum atomic E-state index is -3.84. The van der Waals surface area contributed by atoms with Gasteiger partial charge in [-0.2, -0.15) is 0 Å². The lowest BCUT2D eigenvalue weighted by Gasteiger charge is -2.16. The lowest BCUT2D eigenvalue weighted by atomic mass is 10.1. The summed E-state index contributed by atoms with van der Waals surface area (Å²) >= 11 is 7.31. The minimum Gasteiger partial charge on any atom is -0.325 e. The first-order valence-corrected chi connectivity index (χ1v) is 16.2. The van der Waals surface area contributed by atoms with E-state index in [0.717, 1.165) is 4.90 Å². The molecule has 12 heteroatoms. The van der Waals surface area contributed by atoms with E-state index in [0.29, 0.717) is 33.9 Å². The number of halogens is 1. The van der Waals surface area contributed by atoms with Crippen LogP contribution in [-0.2, 0) is 19.6 Å². The molecule has 4 aromatic rings. The van der Waals surface area contributed by atoms with Crippen LogP contribution in [0.4, 0.5) is 11.4 Å². The Hall–Kier alpha value is -4.42. The molecule has 4 aromatic carbocycles. The highest BCUT2D eigenvalue weighted by Crippen LogP contribution is 2.29. The van der Waals surface area contributed by atoms with E-state index in [-0.39, 0.29) is 16.5 Å². The third-order valence-corrected chi connectivity index (χ3v) is 8.73. The van der Waals surface area contributed by atoms with Gasteiger partial charge >= 0.3 is 0 Å². The normalized spacial score (nSPS) is 12.2. The molecular weight excluding hydrogens is 620 g/mol. The first kappa shape index (κ1) is 32.5. The molecule has 0 heterocycles. The van der Waals surface area contributed by atoms with Crippen molar-refractivity contribution in [1.29, 1.82) is 0 Å². The number of nitrogens with one attached hydrogen (secondary N) is 3. The van der Waals surface area contributed by atoms with E-state index in [2.05, 4.69) is 16.0 Å². The van der Waals surface area contributed by atoms with Gasteiger partial charge < -0.3 is 16.0 Å². The average molecular weight is 649 g/mol. The van der Waals surface area contributed by atoms with Crippen LogP contribution < -0.4 is 21.1 Å². The molecule has 0 bridgehead atoms. The molecule has 0 aliphatic rings. The topological polar surface area (TPSA) is 147 Å².